The first-order chi connectivity index (χ1) is 25.7. The summed E-state index contributed by atoms with van der Waals surface area (Å²) in [7, 11) is 0. The predicted octanol–water partition coefficient (Wildman–Crippen LogP) is 14.6. The molecule has 8 aromatic carbocycles. The van der Waals surface area contributed by atoms with Crippen LogP contribution in [0.25, 0.3) is 96.0 Å². The lowest BCUT2D eigenvalue weighted by atomic mass is 9.84. The second-order valence-electron chi connectivity index (χ2n) is 13.1. The molecule has 0 N–H and O–H groups in total. The van der Waals surface area contributed by atoms with Crippen LogP contribution in [0, 0.1) is 11.3 Å². The highest BCUT2D eigenvalue weighted by atomic mass is 32.1. The van der Waals surface area contributed by atoms with E-state index in [2.05, 4.69) is 164 Å². The van der Waals surface area contributed by atoms with Gasteiger partial charge in [-0.3, -0.25) is 0 Å². The van der Waals surface area contributed by atoms with E-state index in [9.17, 15) is 5.26 Å². The Labute approximate surface area is 309 Å². The van der Waals surface area contributed by atoms with E-state index in [0.29, 0.717) is 5.56 Å². The maximum absolute atomic E-state index is 10.2. The van der Waals surface area contributed by atoms with Crippen LogP contribution in [0.15, 0.2) is 176 Å². The van der Waals surface area contributed by atoms with Gasteiger partial charge in [-0.25, -0.2) is 0 Å². The Hall–Kier alpha value is -6.31. The molecule has 0 aliphatic heterocycles. The highest BCUT2D eigenvalue weighted by molar-refractivity contribution is 7.26. The molecule has 0 atom stereocenters. The van der Waals surface area contributed by atoms with Crippen molar-refractivity contribution in [3.63, 3.8) is 0 Å². The monoisotopic (exact) mass is 695 g/mol. The van der Waals surface area contributed by atoms with Gasteiger partial charge < -0.3 is 0 Å². The zero-order valence-corrected chi connectivity index (χ0v) is 29.6. The summed E-state index contributed by atoms with van der Waals surface area (Å²) in [6.07, 6.45) is 0. The zero-order valence-electron chi connectivity index (χ0n) is 28.0. The first-order valence-electron chi connectivity index (χ1n) is 17.4. The average molecular weight is 696 g/mol. The normalized spacial score (nSPS) is 11.4. The van der Waals surface area contributed by atoms with Crippen molar-refractivity contribution in [1.82, 2.24) is 0 Å². The van der Waals surface area contributed by atoms with Crippen molar-refractivity contribution in [3.8, 4) is 61.7 Å². The van der Waals surface area contributed by atoms with Gasteiger partial charge in [0.15, 0.2) is 0 Å². The summed E-state index contributed by atoms with van der Waals surface area (Å²) in [4.78, 5) is 0. The van der Waals surface area contributed by atoms with Gasteiger partial charge in [0, 0.05) is 45.9 Å². The van der Waals surface area contributed by atoms with Gasteiger partial charge in [0.05, 0.1) is 11.6 Å². The van der Waals surface area contributed by atoms with E-state index < -0.39 is 0 Å². The molecule has 1 nitrogen and oxygen atoms in total. The summed E-state index contributed by atoms with van der Waals surface area (Å²) in [6, 6.07) is 65.6. The maximum atomic E-state index is 10.2. The van der Waals surface area contributed by atoms with Crippen molar-refractivity contribution in [2.24, 2.45) is 0 Å². The molecule has 10 aromatic rings. The van der Waals surface area contributed by atoms with Crippen LogP contribution in [0.1, 0.15) is 5.56 Å². The Balaban J connectivity index is 1.35. The van der Waals surface area contributed by atoms with Gasteiger partial charge >= 0.3 is 0 Å². The van der Waals surface area contributed by atoms with Crippen LogP contribution >= 0.6 is 22.7 Å². The molecular weight excluding hydrogens is 667 g/mol. The summed E-state index contributed by atoms with van der Waals surface area (Å²) in [6.45, 7) is 0. The summed E-state index contributed by atoms with van der Waals surface area (Å²) < 4.78 is 5.15. The van der Waals surface area contributed by atoms with Crippen molar-refractivity contribution in [2.45, 2.75) is 0 Å². The lowest BCUT2D eigenvalue weighted by Gasteiger charge is -2.20. The molecule has 2 aromatic heterocycles. The topological polar surface area (TPSA) is 23.8 Å². The second-order valence-corrected chi connectivity index (χ2v) is 15.2. The van der Waals surface area contributed by atoms with E-state index in [1.165, 1.54) is 68.2 Å². The lowest BCUT2D eigenvalue weighted by molar-refractivity contribution is 1.47. The van der Waals surface area contributed by atoms with Crippen LogP contribution in [0.5, 0.6) is 0 Å². The van der Waals surface area contributed by atoms with E-state index in [4.69, 9.17) is 0 Å². The van der Waals surface area contributed by atoms with Crippen LogP contribution in [0.3, 0.4) is 0 Å². The first kappa shape index (κ1) is 30.5. The summed E-state index contributed by atoms with van der Waals surface area (Å²) in [5, 5.41) is 15.4. The van der Waals surface area contributed by atoms with Crippen LogP contribution in [-0.2, 0) is 0 Å². The van der Waals surface area contributed by atoms with Gasteiger partial charge in [0.2, 0.25) is 0 Å². The average Bonchev–Trinajstić information content (AvgIpc) is 3.79. The Kier molecular flexibility index (Phi) is 7.32. The van der Waals surface area contributed by atoms with E-state index in [1.54, 1.807) is 0 Å². The van der Waals surface area contributed by atoms with Crippen LogP contribution in [-0.4, -0.2) is 0 Å². The smallest absolute Gasteiger partial charge is 0.0998 e. The van der Waals surface area contributed by atoms with Crippen LogP contribution in [0.2, 0.25) is 0 Å². The third kappa shape index (κ3) is 4.96. The fourth-order valence-corrected chi connectivity index (χ4v) is 10.2. The molecule has 0 spiro atoms. The highest BCUT2D eigenvalue weighted by Gasteiger charge is 2.21. The second kappa shape index (κ2) is 12.5. The number of hydrogen-bond acceptors (Lipinski definition) is 3. The van der Waals surface area contributed by atoms with Crippen LogP contribution in [0.4, 0.5) is 0 Å². The van der Waals surface area contributed by atoms with Gasteiger partial charge in [-0.1, -0.05) is 133 Å². The number of nitriles is 1. The van der Waals surface area contributed by atoms with Gasteiger partial charge in [-0.05, 0) is 92.5 Å². The summed E-state index contributed by atoms with van der Waals surface area (Å²) in [5.74, 6) is 0. The molecule has 0 unspecified atom stereocenters. The summed E-state index contributed by atoms with van der Waals surface area (Å²) >= 11 is 3.72. The minimum Gasteiger partial charge on any atom is -0.192 e. The third-order valence-corrected chi connectivity index (χ3v) is 12.5. The lowest BCUT2D eigenvalue weighted by Crippen LogP contribution is -1.94. The molecule has 10 rings (SSSR count). The molecule has 0 radical (unpaired) electrons. The van der Waals surface area contributed by atoms with E-state index in [-0.39, 0.29) is 0 Å². The molecule has 0 bridgehead atoms. The molecular formula is C49H29NS2. The Morgan fingerprint density at radius 2 is 0.923 bits per heavy atom. The van der Waals surface area contributed by atoms with Crippen molar-refractivity contribution < 1.29 is 0 Å². The predicted molar refractivity (Wildman–Crippen MR) is 224 cm³/mol. The number of rotatable bonds is 5. The molecule has 0 fully saturated rings. The minimum atomic E-state index is 0.664. The van der Waals surface area contributed by atoms with Gasteiger partial charge in [-0.15, -0.1) is 22.7 Å². The molecule has 0 amide bonds. The highest BCUT2D eigenvalue weighted by Crippen LogP contribution is 2.49. The fourth-order valence-electron chi connectivity index (χ4n) is 7.83. The van der Waals surface area contributed by atoms with Crippen molar-refractivity contribution in [2.75, 3.05) is 0 Å². The number of fused-ring (bicyclic) bond motifs is 6. The number of nitrogens with zero attached hydrogens (tertiary/aromatic N) is 1. The van der Waals surface area contributed by atoms with E-state index in [0.717, 1.165) is 27.8 Å². The Bertz CT molecular complexity index is 3030. The molecule has 0 aliphatic rings. The number of benzene rings is 8. The SMILES string of the molecule is N#Cc1ccccc1-c1cc(-c2ccccc2)cc(-c2c(-c3cccc4c3sc3ccccc34)cccc2-c2cccc3sc4ccccc4c23)c1. The quantitative estimate of drug-likeness (QED) is 0.176. The van der Waals surface area contributed by atoms with Crippen LogP contribution < -0.4 is 0 Å². The van der Waals surface area contributed by atoms with Gasteiger partial charge in [0.1, 0.15) is 0 Å². The Morgan fingerprint density at radius 1 is 0.365 bits per heavy atom. The maximum Gasteiger partial charge on any atom is 0.0998 e. The molecule has 242 valence electrons. The fraction of sp³-hybridized carbons (Fsp3) is 0. The molecule has 2 heterocycles. The Morgan fingerprint density at radius 3 is 1.77 bits per heavy atom. The van der Waals surface area contributed by atoms with E-state index in [1.807, 2.05) is 40.9 Å². The summed E-state index contributed by atoms with van der Waals surface area (Å²) in [5.41, 5.74) is 12.0. The van der Waals surface area contributed by atoms with Crippen molar-refractivity contribution >= 4 is 63.0 Å². The molecule has 3 heteroatoms. The molecule has 0 saturated heterocycles. The van der Waals surface area contributed by atoms with Crippen molar-refractivity contribution in [1.29, 1.82) is 5.26 Å². The number of thiophene rings is 2. The van der Waals surface area contributed by atoms with E-state index >= 15 is 0 Å². The molecule has 0 saturated carbocycles. The third-order valence-electron chi connectivity index (χ3n) is 10.1. The molecule has 0 aliphatic carbocycles. The minimum absolute atomic E-state index is 0.664. The zero-order chi connectivity index (χ0) is 34.6. The van der Waals surface area contributed by atoms with Gasteiger partial charge in [0.25, 0.3) is 0 Å². The van der Waals surface area contributed by atoms with Gasteiger partial charge in [-0.2, -0.15) is 5.26 Å². The largest absolute Gasteiger partial charge is 0.192 e. The first-order valence-corrected chi connectivity index (χ1v) is 19.0. The standard InChI is InChI=1S/C49H29NS2/c50-30-32-15-4-5-16-36(32)34-27-33(31-13-2-1-3-14-31)28-35(29-34)47-38(39-21-12-26-46-48(39)43-18-7-9-25-45(43)51-46)19-10-20-40(47)42-23-11-22-41-37-17-6-8-24-44(37)52-49(41)42/h1-29H. The van der Waals surface area contributed by atoms with Crippen molar-refractivity contribution in [3.05, 3.63) is 181 Å². The molecule has 52 heavy (non-hydrogen) atoms. The number of hydrogen-bond donors (Lipinski definition) is 0.